The van der Waals surface area contributed by atoms with E-state index in [1.807, 2.05) is 0 Å². The van der Waals surface area contributed by atoms with Crippen molar-refractivity contribution in [2.45, 2.75) is 26.2 Å². The molecule has 9 heavy (non-hydrogen) atoms. The van der Waals surface area contributed by atoms with E-state index in [2.05, 4.69) is 47.6 Å². The van der Waals surface area contributed by atoms with Crippen molar-refractivity contribution < 1.29 is 0 Å². The molecule has 0 aliphatic carbocycles. The van der Waals surface area contributed by atoms with Gasteiger partial charge in [-0.05, 0) is 0 Å². The number of hydrogen-bond donors (Lipinski definition) is 0. The normalized spacial score (nSPS) is 11.9. The SMILES string of the molecule is [Li]/[CH]=C/CC/C=C\CC. The summed E-state index contributed by atoms with van der Waals surface area (Å²) in [6, 6.07) is 0. The summed E-state index contributed by atoms with van der Waals surface area (Å²) >= 11 is 2.06. The Bertz CT molecular complexity index is 92.7. The molecule has 0 aliphatic heterocycles. The summed E-state index contributed by atoms with van der Waals surface area (Å²) in [5.41, 5.74) is 0. The molecule has 0 rings (SSSR count). The molecule has 0 aromatic carbocycles. The third kappa shape index (κ3) is 8.08. The van der Waals surface area contributed by atoms with E-state index >= 15 is 0 Å². The Morgan fingerprint density at radius 2 is 1.78 bits per heavy atom. The molecule has 0 amide bonds. The van der Waals surface area contributed by atoms with Crippen LogP contribution in [0.1, 0.15) is 26.2 Å². The quantitative estimate of drug-likeness (QED) is 0.300. The van der Waals surface area contributed by atoms with Crippen molar-refractivity contribution >= 4 is 17.7 Å². The maximum atomic E-state index is 2.24. The predicted molar refractivity (Wildman–Crippen MR) is 43.6 cm³/mol. The van der Waals surface area contributed by atoms with E-state index in [0.717, 1.165) is 6.42 Å². The number of hydrogen-bond acceptors (Lipinski definition) is 0. The first kappa shape index (κ1) is 9.08. The van der Waals surface area contributed by atoms with Gasteiger partial charge in [0.2, 0.25) is 0 Å². The molecule has 0 aromatic heterocycles. The van der Waals surface area contributed by atoms with Gasteiger partial charge in [0.1, 0.15) is 0 Å². The van der Waals surface area contributed by atoms with Gasteiger partial charge in [-0.3, -0.25) is 0 Å². The van der Waals surface area contributed by atoms with Crippen LogP contribution >= 0.6 is 0 Å². The van der Waals surface area contributed by atoms with Crippen molar-refractivity contribution in [2.75, 3.05) is 0 Å². The minimum absolute atomic E-state index is 1.16. The van der Waals surface area contributed by atoms with Crippen LogP contribution in [0.15, 0.2) is 23.0 Å². The molecule has 0 saturated heterocycles. The molecule has 0 atom stereocenters. The standard InChI is InChI=1S/C8H13.Li/c1-3-5-7-8-6-4-2;/h1,3,6,8H,4-5,7H2,2H3;/b3-1?,8-6-;. The second-order valence-electron chi connectivity index (χ2n) is 2.03. The fraction of sp³-hybridized carbons (Fsp3) is 0.500. The molecule has 46 valence electrons. The van der Waals surface area contributed by atoms with Gasteiger partial charge >= 0.3 is 66.9 Å². The van der Waals surface area contributed by atoms with E-state index in [1.165, 1.54) is 12.8 Å². The van der Waals surface area contributed by atoms with Crippen LogP contribution in [0.25, 0.3) is 0 Å². The van der Waals surface area contributed by atoms with Crippen LogP contribution in [0.4, 0.5) is 0 Å². The van der Waals surface area contributed by atoms with E-state index in [1.54, 1.807) is 0 Å². The zero-order valence-electron chi connectivity index (χ0n) is 6.43. The fourth-order valence-electron chi connectivity index (χ4n) is 0.644. The summed E-state index contributed by atoms with van der Waals surface area (Å²) in [6.07, 6.45) is 10.2. The van der Waals surface area contributed by atoms with Crippen molar-refractivity contribution in [3.8, 4) is 0 Å². The van der Waals surface area contributed by atoms with Gasteiger partial charge in [0, 0.05) is 0 Å². The van der Waals surface area contributed by atoms with E-state index in [9.17, 15) is 0 Å². The Labute approximate surface area is 67.2 Å². The van der Waals surface area contributed by atoms with Crippen LogP contribution in [-0.2, 0) is 0 Å². The van der Waals surface area contributed by atoms with Gasteiger partial charge in [-0.2, -0.15) is 0 Å². The zero-order chi connectivity index (χ0) is 6.95. The second kappa shape index (κ2) is 8.08. The van der Waals surface area contributed by atoms with Crippen LogP contribution < -0.4 is 0 Å². The van der Waals surface area contributed by atoms with E-state index in [0.29, 0.717) is 0 Å². The molecule has 1 heteroatoms. The van der Waals surface area contributed by atoms with E-state index in [4.69, 9.17) is 0 Å². The molecule has 0 unspecified atom stereocenters. The van der Waals surface area contributed by atoms with Crippen LogP contribution in [0, 0.1) is 0 Å². The Balaban J connectivity index is 2.99. The first-order chi connectivity index (χ1) is 4.41. The van der Waals surface area contributed by atoms with Crippen molar-refractivity contribution in [1.29, 1.82) is 0 Å². The molecule has 0 bridgehead atoms. The first-order valence-electron chi connectivity index (χ1n) is 3.68. The van der Waals surface area contributed by atoms with E-state index < -0.39 is 0 Å². The van der Waals surface area contributed by atoms with Gasteiger partial charge in [0.15, 0.2) is 0 Å². The van der Waals surface area contributed by atoms with Crippen molar-refractivity contribution in [2.24, 2.45) is 0 Å². The van der Waals surface area contributed by atoms with Gasteiger partial charge in [-0.1, -0.05) is 0 Å². The number of rotatable bonds is 4. The molecule has 0 spiro atoms. The Morgan fingerprint density at radius 1 is 1.11 bits per heavy atom. The van der Waals surface area contributed by atoms with Crippen molar-refractivity contribution in [1.82, 2.24) is 0 Å². The molecule has 0 aliphatic rings. The molecule has 0 saturated carbocycles. The van der Waals surface area contributed by atoms with Crippen LogP contribution in [0.5, 0.6) is 0 Å². The third-order valence-electron chi connectivity index (χ3n) is 1.14. The summed E-state index contributed by atoms with van der Waals surface area (Å²) in [5.74, 6) is 0. The van der Waals surface area contributed by atoms with Crippen LogP contribution in [0.3, 0.4) is 0 Å². The summed E-state index contributed by atoms with van der Waals surface area (Å²) < 4.78 is 2.10. The summed E-state index contributed by atoms with van der Waals surface area (Å²) in [4.78, 5) is 0. The Hall–Kier alpha value is 0.0774. The molecular formula is C8H13Li. The molecule has 0 fully saturated rings. The van der Waals surface area contributed by atoms with Crippen LogP contribution in [0.2, 0.25) is 0 Å². The third-order valence-corrected chi connectivity index (χ3v) is 1.14. The Kier molecular flexibility index (Phi) is 8.15. The Morgan fingerprint density at radius 3 is 2.33 bits per heavy atom. The summed E-state index contributed by atoms with van der Waals surface area (Å²) in [5, 5.41) is 0. The molecular weight excluding hydrogens is 103 g/mol. The van der Waals surface area contributed by atoms with Crippen LogP contribution in [-0.4, -0.2) is 17.7 Å². The fourth-order valence-corrected chi connectivity index (χ4v) is 0.644. The molecule has 0 radical (unpaired) electrons. The van der Waals surface area contributed by atoms with Gasteiger partial charge in [0.05, 0.1) is 0 Å². The first-order valence-corrected chi connectivity index (χ1v) is 3.68. The minimum atomic E-state index is 1.16. The number of allylic oxidation sites excluding steroid dienone is 3. The summed E-state index contributed by atoms with van der Waals surface area (Å²) in [7, 11) is 0. The topological polar surface area (TPSA) is 0 Å². The van der Waals surface area contributed by atoms with Gasteiger partial charge < -0.3 is 0 Å². The summed E-state index contributed by atoms with van der Waals surface area (Å²) in [6.45, 7) is 2.16. The number of unbranched alkanes of at least 4 members (excludes halogenated alkanes) is 1. The molecule has 0 heterocycles. The van der Waals surface area contributed by atoms with Crippen molar-refractivity contribution in [3.63, 3.8) is 0 Å². The second-order valence-corrected chi connectivity index (χ2v) is 2.03. The molecule has 0 N–H and O–H groups in total. The predicted octanol–water partition coefficient (Wildman–Crippen LogP) is 2.42. The van der Waals surface area contributed by atoms with Crippen molar-refractivity contribution in [3.05, 3.63) is 23.0 Å². The van der Waals surface area contributed by atoms with Gasteiger partial charge in [0.25, 0.3) is 0 Å². The van der Waals surface area contributed by atoms with Gasteiger partial charge in [-0.15, -0.1) is 0 Å². The monoisotopic (exact) mass is 116 g/mol. The maximum absolute atomic E-state index is 2.24. The zero-order valence-corrected chi connectivity index (χ0v) is 6.43. The molecule has 0 nitrogen and oxygen atoms in total. The average molecular weight is 116 g/mol. The molecule has 0 aromatic rings. The van der Waals surface area contributed by atoms with E-state index in [-0.39, 0.29) is 0 Å². The van der Waals surface area contributed by atoms with Gasteiger partial charge in [-0.25, -0.2) is 0 Å². The average Bonchev–Trinajstić information content (AvgIpc) is 1.89.